The third-order valence-corrected chi connectivity index (χ3v) is 5.54. The Morgan fingerprint density at radius 2 is 1.80 bits per heavy atom. The molecule has 0 bridgehead atoms. The highest BCUT2D eigenvalue weighted by Gasteiger charge is 2.14. The van der Waals surface area contributed by atoms with Gasteiger partial charge < -0.3 is 10.6 Å². The summed E-state index contributed by atoms with van der Waals surface area (Å²) in [6.07, 6.45) is 1.89. The Labute approximate surface area is 177 Å². The second-order valence-electron chi connectivity index (χ2n) is 7.19. The van der Waals surface area contributed by atoms with Crippen molar-refractivity contribution in [1.82, 2.24) is 10.0 Å². The SMILES string of the molecule is C=CCNS(=O)(=O)c1ccc(C(=O)NCc2cccc(NC(=O)CC(C)C)c2)cc1. The molecule has 0 aliphatic carbocycles. The lowest BCUT2D eigenvalue weighted by Gasteiger charge is -2.10. The van der Waals surface area contributed by atoms with Crippen LogP contribution in [0.2, 0.25) is 0 Å². The van der Waals surface area contributed by atoms with E-state index >= 15 is 0 Å². The second kappa shape index (κ2) is 10.7. The normalized spacial score (nSPS) is 11.2. The summed E-state index contributed by atoms with van der Waals surface area (Å²) in [5.41, 5.74) is 1.85. The van der Waals surface area contributed by atoms with Crippen molar-refractivity contribution in [3.8, 4) is 0 Å². The van der Waals surface area contributed by atoms with Gasteiger partial charge in [0.2, 0.25) is 15.9 Å². The minimum absolute atomic E-state index is 0.0520. The second-order valence-corrected chi connectivity index (χ2v) is 8.96. The zero-order valence-corrected chi connectivity index (χ0v) is 18.0. The molecule has 8 heteroatoms. The van der Waals surface area contributed by atoms with Crippen molar-refractivity contribution in [3.63, 3.8) is 0 Å². The summed E-state index contributed by atoms with van der Waals surface area (Å²) in [4.78, 5) is 24.4. The Morgan fingerprint density at radius 1 is 1.10 bits per heavy atom. The molecule has 0 heterocycles. The fraction of sp³-hybridized carbons (Fsp3) is 0.273. The molecule has 2 aromatic rings. The van der Waals surface area contributed by atoms with E-state index in [-0.39, 0.29) is 35.7 Å². The van der Waals surface area contributed by atoms with Crippen molar-refractivity contribution >= 4 is 27.5 Å². The van der Waals surface area contributed by atoms with Crippen LogP contribution in [0.3, 0.4) is 0 Å². The molecule has 3 N–H and O–H groups in total. The fourth-order valence-electron chi connectivity index (χ4n) is 2.66. The van der Waals surface area contributed by atoms with E-state index in [9.17, 15) is 18.0 Å². The first-order valence-corrected chi connectivity index (χ1v) is 11.1. The van der Waals surface area contributed by atoms with E-state index in [1.807, 2.05) is 26.0 Å². The topological polar surface area (TPSA) is 104 Å². The van der Waals surface area contributed by atoms with E-state index in [1.165, 1.54) is 30.3 Å². The number of anilines is 1. The average molecular weight is 430 g/mol. The molecule has 0 spiro atoms. The average Bonchev–Trinajstić information content (AvgIpc) is 2.70. The maximum Gasteiger partial charge on any atom is 0.251 e. The smallest absolute Gasteiger partial charge is 0.251 e. The predicted molar refractivity (Wildman–Crippen MR) is 118 cm³/mol. The number of carbonyl (C=O) groups excluding carboxylic acids is 2. The molecule has 2 aromatic carbocycles. The van der Waals surface area contributed by atoms with Gasteiger partial charge in [0.05, 0.1) is 4.90 Å². The number of carbonyl (C=O) groups is 2. The Hall–Kier alpha value is -2.97. The zero-order valence-electron chi connectivity index (χ0n) is 17.1. The van der Waals surface area contributed by atoms with Crippen LogP contribution in [0.15, 0.2) is 66.1 Å². The van der Waals surface area contributed by atoms with Crippen LogP contribution in [0.4, 0.5) is 5.69 Å². The number of sulfonamides is 1. The molecule has 0 aliphatic rings. The molecule has 0 unspecified atom stereocenters. The van der Waals surface area contributed by atoms with Gasteiger partial charge in [0.1, 0.15) is 0 Å². The monoisotopic (exact) mass is 429 g/mol. The first-order chi connectivity index (χ1) is 14.2. The number of hydrogen-bond donors (Lipinski definition) is 3. The van der Waals surface area contributed by atoms with Crippen LogP contribution in [0.1, 0.15) is 36.2 Å². The quantitative estimate of drug-likeness (QED) is 0.505. The van der Waals surface area contributed by atoms with Gasteiger partial charge in [-0.1, -0.05) is 32.1 Å². The van der Waals surface area contributed by atoms with Gasteiger partial charge >= 0.3 is 0 Å². The minimum Gasteiger partial charge on any atom is -0.348 e. The fourth-order valence-corrected chi connectivity index (χ4v) is 3.66. The lowest BCUT2D eigenvalue weighted by Crippen LogP contribution is -2.25. The van der Waals surface area contributed by atoms with Crippen LogP contribution in [0, 0.1) is 5.92 Å². The van der Waals surface area contributed by atoms with Gasteiger partial charge in [-0.2, -0.15) is 0 Å². The van der Waals surface area contributed by atoms with Gasteiger partial charge in [-0.3, -0.25) is 9.59 Å². The summed E-state index contributed by atoms with van der Waals surface area (Å²) in [6.45, 7) is 7.82. The number of nitrogens with one attached hydrogen (secondary N) is 3. The van der Waals surface area contributed by atoms with Crippen molar-refractivity contribution < 1.29 is 18.0 Å². The van der Waals surface area contributed by atoms with Crippen LogP contribution in [-0.2, 0) is 21.4 Å². The Bertz CT molecular complexity index is 999. The molecule has 0 atom stereocenters. The van der Waals surface area contributed by atoms with E-state index in [1.54, 1.807) is 12.1 Å². The lowest BCUT2D eigenvalue weighted by atomic mass is 10.1. The zero-order chi connectivity index (χ0) is 22.1. The maximum absolute atomic E-state index is 12.4. The first-order valence-electron chi connectivity index (χ1n) is 9.59. The highest BCUT2D eigenvalue weighted by Crippen LogP contribution is 2.13. The number of amides is 2. The number of hydrogen-bond acceptors (Lipinski definition) is 4. The summed E-state index contributed by atoms with van der Waals surface area (Å²) in [5.74, 6) is -0.109. The van der Waals surface area contributed by atoms with Crippen LogP contribution in [0.5, 0.6) is 0 Å². The Kier molecular flexibility index (Phi) is 8.32. The van der Waals surface area contributed by atoms with Gasteiger partial charge in [-0.05, 0) is 47.9 Å². The molecule has 0 fully saturated rings. The van der Waals surface area contributed by atoms with E-state index in [0.29, 0.717) is 17.7 Å². The molecular formula is C22H27N3O4S. The first kappa shape index (κ1) is 23.3. The minimum atomic E-state index is -3.63. The summed E-state index contributed by atoms with van der Waals surface area (Å²) >= 11 is 0. The largest absolute Gasteiger partial charge is 0.348 e. The summed E-state index contributed by atoms with van der Waals surface area (Å²) in [5, 5.41) is 5.64. The Balaban J connectivity index is 1.96. The number of benzene rings is 2. The van der Waals surface area contributed by atoms with Gasteiger partial charge in [0, 0.05) is 30.8 Å². The van der Waals surface area contributed by atoms with Crippen LogP contribution in [-0.4, -0.2) is 26.8 Å². The molecule has 0 radical (unpaired) electrons. The van der Waals surface area contributed by atoms with Gasteiger partial charge in [0.25, 0.3) is 5.91 Å². The van der Waals surface area contributed by atoms with Crippen molar-refractivity contribution in [2.45, 2.75) is 31.7 Å². The lowest BCUT2D eigenvalue weighted by molar-refractivity contribution is -0.116. The molecule has 2 amide bonds. The molecule has 7 nitrogen and oxygen atoms in total. The molecular weight excluding hydrogens is 402 g/mol. The summed E-state index contributed by atoms with van der Waals surface area (Å²) in [6, 6.07) is 12.9. The van der Waals surface area contributed by atoms with E-state index in [0.717, 1.165) is 5.56 Å². The summed E-state index contributed by atoms with van der Waals surface area (Å²) < 4.78 is 26.5. The third kappa shape index (κ3) is 7.13. The van der Waals surface area contributed by atoms with Crippen molar-refractivity contribution in [1.29, 1.82) is 0 Å². The molecule has 30 heavy (non-hydrogen) atoms. The molecule has 0 saturated carbocycles. The third-order valence-electron chi connectivity index (χ3n) is 4.10. The molecule has 0 aliphatic heterocycles. The molecule has 160 valence electrons. The van der Waals surface area contributed by atoms with Gasteiger partial charge in [-0.25, -0.2) is 13.1 Å². The van der Waals surface area contributed by atoms with E-state index in [4.69, 9.17) is 0 Å². The predicted octanol–water partition coefficient (Wildman–Crippen LogP) is 3.07. The van der Waals surface area contributed by atoms with Gasteiger partial charge in [0.15, 0.2) is 0 Å². The standard InChI is InChI=1S/C22H27N3O4S/c1-4-12-24-30(28,29)20-10-8-18(9-11-20)22(27)23-15-17-6-5-7-19(14-17)25-21(26)13-16(2)3/h4-11,14,16,24H,1,12-13,15H2,2-3H3,(H,23,27)(H,25,26). The van der Waals surface area contributed by atoms with Gasteiger partial charge in [-0.15, -0.1) is 6.58 Å². The Morgan fingerprint density at radius 3 is 2.43 bits per heavy atom. The van der Waals surface area contributed by atoms with Crippen molar-refractivity contribution in [2.24, 2.45) is 5.92 Å². The van der Waals surface area contributed by atoms with E-state index in [2.05, 4.69) is 21.9 Å². The van der Waals surface area contributed by atoms with Crippen molar-refractivity contribution in [2.75, 3.05) is 11.9 Å². The number of rotatable bonds is 10. The van der Waals surface area contributed by atoms with E-state index < -0.39 is 10.0 Å². The van der Waals surface area contributed by atoms with Crippen LogP contribution >= 0.6 is 0 Å². The molecule has 0 saturated heterocycles. The molecule has 2 rings (SSSR count). The highest BCUT2D eigenvalue weighted by atomic mass is 32.2. The molecule has 0 aromatic heterocycles. The van der Waals surface area contributed by atoms with Crippen LogP contribution < -0.4 is 15.4 Å². The van der Waals surface area contributed by atoms with Crippen molar-refractivity contribution in [3.05, 3.63) is 72.3 Å². The summed E-state index contributed by atoms with van der Waals surface area (Å²) in [7, 11) is -3.63. The van der Waals surface area contributed by atoms with Crippen LogP contribution in [0.25, 0.3) is 0 Å². The highest BCUT2D eigenvalue weighted by molar-refractivity contribution is 7.89. The maximum atomic E-state index is 12.4.